The van der Waals surface area contributed by atoms with Crippen LogP contribution in [-0.4, -0.2) is 68.5 Å². The predicted molar refractivity (Wildman–Crippen MR) is 146 cm³/mol. The molecule has 38 heavy (non-hydrogen) atoms. The summed E-state index contributed by atoms with van der Waals surface area (Å²) in [6, 6.07) is 7.92. The van der Waals surface area contributed by atoms with E-state index in [0.29, 0.717) is 22.6 Å². The third kappa shape index (κ3) is 5.04. The van der Waals surface area contributed by atoms with E-state index in [2.05, 4.69) is 53.5 Å². The normalized spacial score (nSPS) is 22.2. The van der Waals surface area contributed by atoms with Crippen LogP contribution in [-0.2, 0) is 14.0 Å². The Balaban J connectivity index is 1.48. The lowest BCUT2D eigenvalue weighted by Crippen LogP contribution is -2.58. The molecule has 5 rings (SSSR count). The summed E-state index contributed by atoms with van der Waals surface area (Å²) in [7, 11) is 1.08. The highest BCUT2D eigenvalue weighted by Gasteiger charge is 2.51. The minimum atomic E-state index is -0.508. The van der Waals surface area contributed by atoms with Gasteiger partial charge in [0.25, 0.3) is 0 Å². The first-order chi connectivity index (χ1) is 17.7. The smallest absolute Gasteiger partial charge is 0.467 e. The molecule has 0 aliphatic carbocycles. The number of methoxy groups -OCH3 is 1. The van der Waals surface area contributed by atoms with Crippen molar-refractivity contribution in [1.29, 1.82) is 0 Å². The van der Waals surface area contributed by atoms with Gasteiger partial charge in [-0.1, -0.05) is 11.3 Å². The van der Waals surface area contributed by atoms with Crippen molar-refractivity contribution in [3.8, 4) is 17.0 Å². The van der Waals surface area contributed by atoms with Crippen LogP contribution in [0.2, 0.25) is 0 Å². The van der Waals surface area contributed by atoms with Gasteiger partial charge >= 0.3 is 7.12 Å². The Hall–Kier alpha value is -2.60. The van der Waals surface area contributed by atoms with Crippen LogP contribution in [0.3, 0.4) is 0 Å². The molecule has 2 aliphatic heterocycles. The van der Waals surface area contributed by atoms with Gasteiger partial charge in [-0.3, -0.25) is 0 Å². The highest BCUT2D eigenvalue weighted by atomic mass is 16.7. The zero-order valence-corrected chi connectivity index (χ0v) is 24.0. The Morgan fingerprint density at radius 3 is 2.24 bits per heavy atom. The first-order valence-electron chi connectivity index (χ1n) is 13.2. The molecule has 1 N–H and O–H groups in total. The standard InChI is InChI=1S/C27H39BN6O4/c1-24(2)14-18(15-25(3,4)32-24)34-23-21(30-33-34)13-20(29-31-23)19-11-10-17(12-22(19)36-16-35-9)28-37-26(5,6)27(7,8)38-28/h10-13,18,32H,14-16H2,1-9H3. The minimum absolute atomic E-state index is 0.0232. The maximum atomic E-state index is 6.24. The van der Waals surface area contributed by atoms with Crippen LogP contribution in [0.25, 0.3) is 22.4 Å². The SMILES string of the molecule is COCOc1cc(B2OC(C)(C)C(C)(C)O2)ccc1-c1cc2nnn(C3CC(C)(C)NC(C)(C)C3)c2nn1. The Morgan fingerprint density at radius 1 is 0.947 bits per heavy atom. The first-order valence-corrected chi connectivity index (χ1v) is 13.2. The molecule has 2 saturated heterocycles. The fraction of sp³-hybridized carbons (Fsp3) is 0.630. The van der Waals surface area contributed by atoms with E-state index in [1.54, 1.807) is 7.11 Å². The number of aromatic nitrogens is 5. The number of piperidine rings is 1. The van der Waals surface area contributed by atoms with Crippen molar-refractivity contribution >= 4 is 23.7 Å². The molecule has 0 amide bonds. The molecular weight excluding hydrogens is 483 g/mol. The van der Waals surface area contributed by atoms with Crippen LogP contribution in [0, 0.1) is 0 Å². The van der Waals surface area contributed by atoms with Crippen molar-refractivity contribution in [2.45, 2.75) is 96.6 Å². The maximum Gasteiger partial charge on any atom is 0.494 e. The van der Waals surface area contributed by atoms with Crippen LogP contribution in [0.15, 0.2) is 24.3 Å². The van der Waals surface area contributed by atoms with E-state index >= 15 is 0 Å². The molecule has 2 aliphatic rings. The van der Waals surface area contributed by atoms with Gasteiger partial charge in [-0.15, -0.1) is 15.3 Å². The molecule has 2 aromatic heterocycles. The van der Waals surface area contributed by atoms with Gasteiger partial charge in [0.1, 0.15) is 11.3 Å². The lowest BCUT2D eigenvalue weighted by Gasteiger charge is -2.46. The molecule has 0 radical (unpaired) electrons. The fourth-order valence-electron chi connectivity index (χ4n) is 5.69. The second-order valence-electron chi connectivity index (χ2n) is 12.8. The summed E-state index contributed by atoms with van der Waals surface area (Å²) in [4.78, 5) is 0. The molecule has 0 bridgehead atoms. The second-order valence-corrected chi connectivity index (χ2v) is 12.8. The summed E-state index contributed by atoms with van der Waals surface area (Å²) in [6.45, 7) is 17.1. The monoisotopic (exact) mass is 522 g/mol. The lowest BCUT2D eigenvalue weighted by atomic mass is 9.78. The van der Waals surface area contributed by atoms with E-state index in [1.807, 2.05) is 56.6 Å². The molecule has 0 spiro atoms. The van der Waals surface area contributed by atoms with Gasteiger partial charge in [0.05, 0.1) is 22.9 Å². The van der Waals surface area contributed by atoms with Crippen LogP contribution >= 0.6 is 0 Å². The molecule has 10 nitrogen and oxygen atoms in total. The van der Waals surface area contributed by atoms with Crippen LogP contribution < -0.4 is 15.5 Å². The number of benzene rings is 1. The van der Waals surface area contributed by atoms with E-state index in [1.165, 1.54) is 0 Å². The van der Waals surface area contributed by atoms with Gasteiger partial charge in [0.2, 0.25) is 5.65 Å². The number of nitrogens with zero attached hydrogens (tertiary/aromatic N) is 5. The predicted octanol–water partition coefficient (Wildman–Crippen LogP) is 3.65. The van der Waals surface area contributed by atoms with E-state index in [9.17, 15) is 0 Å². The topological polar surface area (TPSA) is 105 Å². The Kier molecular flexibility index (Phi) is 6.57. The first kappa shape index (κ1) is 27.0. The molecule has 204 valence electrons. The third-order valence-electron chi connectivity index (χ3n) is 7.87. The van der Waals surface area contributed by atoms with Gasteiger partial charge in [0, 0.05) is 23.8 Å². The van der Waals surface area contributed by atoms with E-state index < -0.39 is 18.3 Å². The molecule has 2 fully saturated rings. The van der Waals surface area contributed by atoms with Crippen LogP contribution in [0.1, 0.15) is 74.3 Å². The summed E-state index contributed by atoms with van der Waals surface area (Å²) >= 11 is 0. The van der Waals surface area contributed by atoms with Gasteiger partial charge in [-0.05, 0) is 91.9 Å². The third-order valence-corrected chi connectivity index (χ3v) is 7.87. The van der Waals surface area contributed by atoms with Crippen LogP contribution in [0.4, 0.5) is 0 Å². The summed E-state index contributed by atoms with van der Waals surface area (Å²) in [5.74, 6) is 0.599. The molecule has 3 aromatic rings. The van der Waals surface area contributed by atoms with Gasteiger partial charge in [-0.25, -0.2) is 4.68 Å². The Labute approximate surface area is 224 Å². The molecule has 0 atom stereocenters. The highest BCUT2D eigenvalue weighted by molar-refractivity contribution is 6.62. The largest absolute Gasteiger partial charge is 0.494 e. The molecule has 11 heteroatoms. The van der Waals surface area contributed by atoms with Crippen molar-refractivity contribution in [1.82, 2.24) is 30.5 Å². The maximum absolute atomic E-state index is 6.24. The average molecular weight is 522 g/mol. The van der Waals surface area contributed by atoms with Crippen molar-refractivity contribution in [3.05, 3.63) is 24.3 Å². The minimum Gasteiger partial charge on any atom is -0.467 e. The molecule has 0 unspecified atom stereocenters. The quantitative estimate of drug-likeness (QED) is 0.384. The Morgan fingerprint density at radius 2 is 1.61 bits per heavy atom. The number of hydrogen-bond acceptors (Lipinski definition) is 9. The average Bonchev–Trinajstić information content (AvgIpc) is 3.32. The number of hydrogen-bond donors (Lipinski definition) is 1. The number of nitrogens with one attached hydrogen (secondary N) is 1. The molecule has 1 aromatic carbocycles. The number of fused-ring (bicyclic) bond motifs is 1. The summed E-state index contributed by atoms with van der Waals surface area (Å²) in [5, 5.41) is 21.8. The van der Waals surface area contributed by atoms with Crippen molar-refractivity contribution in [2.75, 3.05) is 13.9 Å². The van der Waals surface area contributed by atoms with Gasteiger partial charge in [-0.2, -0.15) is 0 Å². The number of ether oxygens (including phenoxy) is 2. The van der Waals surface area contributed by atoms with Crippen molar-refractivity contribution in [2.24, 2.45) is 0 Å². The highest BCUT2D eigenvalue weighted by Crippen LogP contribution is 2.39. The zero-order chi connectivity index (χ0) is 27.5. The van der Waals surface area contributed by atoms with E-state index in [-0.39, 0.29) is 23.9 Å². The summed E-state index contributed by atoms with van der Waals surface area (Å²) in [6.07, 6.45) is 1.85. The van der Waals surface area contributed by atoms with E-state index in [0.717, 1.165) is 23.9 Å². The lowest BCUT2D eigenvalue weighted by molar-refractivity contribution is 0.00578. The van der Waals surface area contributed by atoms with Crippen LogP contribution in [0.5, 0.6) is 5.75 Å². The second kappa shape index (κ2) is 9.26. The zero-order valence-electron chi connectivity index (χ0n) is 24.0. The number of rotatable bonds is 6. The molecule has 0 saturated carbocycles. The Bertz CT molecular complexity index is 1310. The summed E-state index contributed by atoms with van der Waals surface area (Å²) in [5.41, 5.74) is 2.72. The fourth-order valence-corrected chi connectivity index (χ4v) is 5.69. The summed E-state index contributed by atoms with van der Waals surface area (Å²) < 4.78 is 25.6. The van der Waals surface area contributed by atoms with Crippen molar-refractivity contribution in [3.63, 3.8) is 0 Å². The van der Waals surface area contributed by atoms with Gasteiger partial charge < -0.3 is 24.1 Å². The molecular formula is C27H39BN6O4. The van der Waals surface area contributed by atoms with E-state index in [4.69, 9.17) is 18.8 Å². The van der Waals surface area contributed by atoms with Gasteiger partial charge in [0.15, 0.2) is 6.79 Å². The van der Waals surface area contributed by atoms with Crippen molar-refractivity contribution < 1.29 is 18.8 Å². The molecule has 4 heterocycles.